The quantitative estimate of drug-likeness (QED) is 0.583. The third-order valence-electron chi connectivity index (χ3n) is 4.40. The van der Waals surface area contributed by atoms with E-state index >= 15 is 0 Å². The highest BCUT2D eigenvalue weighted by molar-refractivity contribution is 7.99. The van der Waals surface area contributed by atoms with Crippen molar-refractivity contribution in [1.82, 2.24) is 9.97 Å². The van der Waals surface area contributed by atoms with Crippen LogP contribution in [0.2, 0.25) is 5.02 Å². The topological polar surface area (TPSA) is 58.1 Å². The number of thioether (sulfide) groups is 1. The number of nitrogens with one attached hydrogen (secondary N) is 1. The summed E-state index contributed by atoms with van der Waals surface area (Å²) < 4.78 is 13.9. The fourth-order valence-corrected chi connectivity index (χ4v) is 4.19. The number of hydrogen-bond donors (Lipinski definition) is 1. The van der Waals surface area contributed by atoms with Gasteiger partial charge in [0.25, 0.3) is 0 Å². The molecule has 27 heavy (non-hydrogen) atoms. The fourth-order valence-electron chi connectivity index (χ4n) is 3.36. The van der Waals surface area contributed by atoms with Crippen LogP contribution in [0, 0.1) is 17.7 Å². The molecule has 144 valence electrons. The molecule has 1 aromatic heterocycles. The molecule has 0 aliphatic carbocycles. The van der Waals surface area contributed by atoms with E-state index in [2.05, 4.69) is 34.0 Å². The standard InChI is InChI=1S/C19H22ClFN4OS/c1-12-6-13(2)9-25(8-12)16-7-18(23-11-22-16)27-10-17(26)24-15-5-3-4-14(20)19(15)21/h3-5,7,11-13H,6,8-10H2,1-2H3,(H,24,26). The number of hydrogen-bond acceptors (Lipinski definition) is 5. The molecule has 5 nitrogen and oxygen atoms in total. The first-order valence-corrected chi connectivity index (χ1v) is 10.2. The number of rotatable bonds is 5. The highest BCUT2D eigenvalue weighted by Crippen LogP contribution is 2.27. The zero-order valence-electron chi connectivity index (χ0n) is 15.3. The largest absolute Gasteiger partial charge is 0.356 e. The highest BCUT2D eigenvalue weighted by atomic mass is 35.5. The van der Waals surface area contributed by atoms with Crippen molar-refractivity contribution in [2.45, 2.75) is 25.3 Å². The van der Waals surface area contributed by atoms with Gasteiger partial charge in [0.15, 0.2) is 5.82 Å². The van der Waals surface area contributed by atoms with E-state index in [4.69, 9.17) is 11.6 Å². The van der Waals surface area contributed by atoms with Crippen molar-refractivity contribution >= 4 is 40.8 Å². The molecule has 0 radical (unpaired) electrons. The summed E-state index contributed by atoms with van der Waals surface area (Å²) in [6.07, 6.45) is 2.75. The molecule has 2 atom stereocenters. The zero-order valence-corrected chi connectivity index (χ0v) is 16.9. The van der Waals surface area contributed by atoms with Gasteiger partial charge >= 0.3 is 0 Å². The van der Waals surface area contributed by atoms with Crippen LogP contribution >= 0.6 is 23.4 Å². The molecule has 2 unspecified atom stereocenters. The summed E-state index contributed by atoms with van der Waals surface area (Å²) in [5.74, 6) is 1.30. The third-order valence-corrected chi connectivity index (χ3v) is 5.61. The molecule has 2 aromatic rings. The van der Waals surface area contributed by atoms with Gasteiger partial charge in [0.05, 0.1) is 16.5 Å². The van der Waals surface area contributed by atoms with Crippen molar-refractivity contribution in [2.75, 3.05) is 29.1 Å². The van der Waals surface area contributed by atoms with E-state index in [1.165, 1.54) is 36.6 Å². The van der Waals surface area contributed by atoms with Crippen molar-refractivity contribution < 1.29 is 9.18 Å². The van der Waals surface area contributed by atoms with Gasteiger partial charge in [-0.15, -0.1) is 0 Å². The summed E-state index contributed by atoms with van der Waals surface area (Å²) >= 11 is 7.02. The normalized spacial score (nSPS) is 19.8. The van der Waals surface area contributed by atoms with Crippen LogP contribution in [0.15, 0.2) is 35.6 Å². The lowest BCUT2D eigenvalue weighted by Crippen LogP contribution is -2.39. The molecule has 0 bridgehead atoms. The van der Waals surface area contributed by atoms with E-state index in [1.54, 1.807) is 6.07 Å². The highest BCUT2D eigenvalue weighted by Gasteiger charge is 2.23. The predicted molar refractivity (Wildman–Crippen MR) is 108 cm³/mol. The molecule has 8 heteroatoms. The summed E-state index contributed by atoms with van der Waals surface area (Å²) in [7, 11) is 0. The number of piperidine rings is 1. The van der Waals surface area contributed by atoms with Crippen molar-refractivity contribution in [3.63, 3.8) is 0 Å². The SMILES string of the molecule is CC1CC(C)CN(c2cc(SCC(=O)Nc3cccc(Cl)c3F)ncn2)C1. The number of carbonyl (C=O) groups excluding carboxylic acids is 1. The second-order valence-electron chi connectivity index (χ2n) is 7.00. The minimum atomic E-state index is -0.629. The summed E-state index contributed by atoms with van der Waals surface area (Å²) in [4.78, 5) is 23.0. The molecule has 3 rings (SSSR count). The van der Waals surface area contributed by atoms with E-state index < -0.39 is 5.82 Å². The minimum absolute atomic E-state index is 0.0223. The first-order valence-electron chi connectivity index (χ1n) is 8.86. The van der Waals surface area contributed by atoms with Crippen LogP contribution in [0.25, 0.3) is 0 Å². The van der Waals surface area contributed by atoms with E-state index in [9.17, 15) is 9.18 Å². The molecule has 0 saturated carbocycles. The maximum Gasteiger partial charge on any atom is 0.234 e. The van der Waals surface area contributed by atoms with Crippen LogP contribution in [-0.2, 0) is 4.79 Å². The molecule has 1 aliphatic heterocycles. The molecule has 2 heterocycles. The summed E-state index contributed by atoms with van der Waals surface area (Å²) in [5, 5.41) is 3.23. The molecule has 1 N–H and O–H groups in total. The number of halogens is 2. The second kappa shape index (κ2) is 8.89. The van der Waals surface area contributed by atoms with Crippen molar-refractivity contribution in [3.05, 3.63) is 41.4 Å². The van der Waals surface area contributed by atoms with Crippen LogP contribution in [0.5, 0.6) is 0 Å². The summed E-state index contributed by atoms with van der Waals surface area (Å²) in [5.41, 5.74) is 0.0766. The zero-order chi connectivity index (χ0) is 19.4. The average Bonchev–Trinajstić information content (AvgIpc) is 2.63. The van der Waals surface area contributed by atoms with Crippen LogP contribution < -0.4 is 10.2 Å². The Hall–Kier alpha value is -1.86. The predicted octanol–water partition coefficient (Wildman–Crippen LogP) is 4.48. The van der Waals surface area contributed by atoms with Crippen molar-refractivity contribution in [1.29, 1.82) is 0 Å². The Kier molecular flexibility index (Phi) is 6.55. The number of benzene rings is 1. The van der Waals surface area contributed by atoms with E-state index in [-0.39, 0.29) is 22.4 Å². The van der Waals surface area contributed by atoms with Gasteiger partial charge in [-0.05, 0) is 30.4 Å². The van der Waals surface area contributed by atoms with Crippen molar-refractivity contribution in [2.24, 2.45) is 11.8 Å². The molecule has 1 fully saturated rings. The molecular formula is C19H22ClFN4OS. The lowest BCUT2D eigenvalue weighted by molar-refractivity contribution is -0.113. The maximum atomic E-state index is 13.9. The Morgan fingerprint density at radius 2 is 2.07 bits per heavy atom. The molecule has 1 aromatic carbocycles. The Morgan fingerprint density at radius 1 is 1.33 bits per heavy atom. The van der Waals surface area contributed by atoms with Gasteiger partial charge in [-0.25, -0.2) is 14.4 Å². The van der Waals surface area contributed by atoms with Crippen LogP contribution in [0.4, 0.5) is 15.9 Å². The molecule has 0 spiro atoms. The number of anilines is 2. The third kappa shape index (κ3) is 5.32. The van der Waals surface area contributed by atoms with Crippen LogP contribution in [0.1, 0.15) is 20.3 Å². The Balaban J connectivity index is 1.59. The first-order chi connectivity index (χ1) is 12.9. The monoisotopic (exact) mass is 408 g/mol. The summed E-state index contributed by atoms with van der Waals surface area (Å²) in [6, 6.07) is 6.41. The fraction of sp³-hybridized carbons (Fsp3) is 0.421. The minimum Gasteiger partial charge on any atom is -0.356 e. The van der Waals surface area contributed by atoms with E-state index in [0.29, 0.717) is 16.9 Å². The average molecular weight is 409 g/mol. The molecule has 1 saturated heterocycles. The number of nitrogens with zero attached hydrogens (tertiary/aromatic N) is 3. The molecular weight excluding hydrogens is 387 g/mol. The van der Waals surface area contributed by atoms with Gasteiger partial charge in [0.2, 0.25) is 5.91 Å². The molecule has 1 aliphatic rings. The smallest absolute Gasteiger partial charge is 0.234 e. The van der Waals surface area contributed by atoms with E-state index in [1.807, 2.05) is 6.07 Å². The molecule has 1 amide bonds. The second-order valence-corrected chi connectivity index (χ2v) is 8.41. The van der Waals surface area contributed by atoms with Crippen LogP contribution in [0.3, 0.4) is 0 Å². The van der Waals surface area contributed by atoms with Gasteiger partial charge in [0, 0.05) is 19.2 Å². The summed E-state index contributed by atoms with van der Waals surface area (Å²) in [6.45, 7) is 6.44. The van der Waals surface area contributed by atoms with Crippen molar-refractivity contribution in [3.8, 4) is 0 Å². The maximum absolute atomic E-state index is 13.9. The lowest BCUT2D eigenvalue weighted by atomic mass is 9.92. The Morgan fingerprint density at radius 3 is 2.81 bits per heavy atom. The number of amides is 1. The Labute approximate surface area is 167 Å². The van der Waals surface area contributed by atoms with Crippen LogP contribution in [-0.4, -0.2) is 34.7 Å². The van der Waals surface area contributed by atoms with Gasteiger partial charge < -0.3 is 10.2 Å². The number of aromatic nitrogens is 2. The van der Waals surface area contributed by atoms with Gasteiger partial charge in [-0.2, -0.15) is 0 Å². The van der Waals surface area contributed by atoms with Gasteiger partial charge in [0.1, 0.15) is 17.2 Å². The lowest BCUT2D eigenvalue weighted by Gasteiger charge is -2.35. The number of carbonyl (C=O) groups is 1. The van der Waals surface area contributed by atoms with Gasteiger partial charge in [-0.1, -0.05) is 43.3 Å². The Bertz CT molecular complexity index is 812. The van der Waals surface area contributed by atoms with E-state index in [0.717, 1.165) is 18.9 Å². The van der Waals surface area contributed by atoms with Gasteiger partial charge in [-0.3, -0.25) is 4.79 Å². The first kappa shape index (κ1) is 19.9.